The van der Waals surface area contributed by atoms with Crippen molar-refractivity contribution in [1.29, 1.82) is 0 Å². The van der Waals surface area contributed by atoms with Crippen molar-refractivity contribution in [3.8, 4) is 5.75 Å². The van der Waals surface area contributed by atoms with Crippen molar-refractivity contribution >= 4 is 119 Å². The first-order valence-corrected chi connectivity index (χ1v) is 35.3. The standard InChI is InChI=1S/C91H94NOS/c1-9-17-76-62-83(77(18-10-2)61-82(76)52-43-68-28-25-67(26-29-68)27-42-75-49-58-88(93-8)59-50-75)53-44-69-30-32-70(33-31-69)45-54-84-63-79(20-12-4)85(64-78(84)19-11-3)55-46-71-34-36-72(37-35-71)47-56-86-65-81(22-14-6)87(66-80(86)21-13-5)57-48-73-38-40-74(41-39-73)51-60-91-92(7)89-23-15-16-24-90(89)94-91/h15-16,23-66H,9-14,17-22H2,1-8H3/q+1/b42-27+,52-43+,53-44+,54-45+,55-46+,56-47+,57-48+,60-51+. The molecule has 0 saturated carbocycles. The lowest BCUT2D eigenvalue weighted by Gasteiger charge is -2.13. The van der Waals surface area contributed by atoms with E-state index in [0.717, 1.165) is 88.4 Å². The lowest BCUT2D eigenvalue weighted by Crippen LogP contribution is -2.28. The summed E-state index contributed by atoms with van der Waals surface area (Å²) >= 11 is 1.83. The normalized spacial score (nSPS) is 12.2. The van der Waals surface area contributed by atoms with Gasteiger partial charge in [0, 0.05) is 12.1 Å². The molecule has 3 heteroatoms. The van der Waals surface area contributed by atoms with E-state index in [0.29, 0.717) is 0 Å². The second-order valence-corrected chi connectivity index (χ2v) is 25.9. The van der Waals surface area contributed by atoms with Gasteiger partial charge in [-0.05, 0) is 180 Å². The van der Waals surface area contributed by atoms with Crippen LogP contribution in [0, 0.1) is 0 Å². The van der Waals surface area contributed by atoms with E-state index in [1.54, 1.807) is 7.11 Å². The number of hydrogen-bond donors (Lipinski definition) is 0. The number of aromatic nitrogens is 1. The Kier molecular flexibility index (Phi) is 24.8. The van der Waals surface area contributed by atoms with Gasteiger partial charge in [-0.2, -0.15) is 4.57 Å². The highest BCUT2D eigenvalue weighted by Crippen LogP contribution is 2.30. The molecular formula is C91H94NOS+. The van der Waals surface area contributed by atoms with Gasteiger partial charge in [-0.25, -0.2) is 0 Å². The molecule has 0 atom stereocenters. The summed E-state index contributed by atoms with van der Waals surface area (Å²) in [5, 5.41) is 1.24. The summed E-state index contributed by atoms with van der Waals surface area (Å²) < 4.78 is 8.89. The molecule has 1 aromatic heterocycles. The maximum Gasteiger partial charge on any atom is 0.262 e. The van der Waals surface area contributed by atoms with Crippen LogP contribution in [0.25, 0.3) is 107 Å². The number of aryl methyl sites for hydroxylation is 7. The second-order valence-electron chi connectivity index (χ2n) is 24.8. The Hall–Kier alpha value is -9.41. The number of benzene rings is 9. The van der Waals surface area contributed by atoms with Crippen LogP contribution in [0.2, 0.25) is 0 Å². The molecule has 0 aliphatic rings. The highest BCUT2D eigenvalue weighted by atomic mass is 32.1. The summed E-state index contributed by atoms with van der Waals surface area (Å²) in [7, 11) is 3.84. The quantitative estimate of drug-likeness (QED) is 0.0336. The molecule has 0 amide bonds. The van der Waals surface area contributed by atoms with Crippen molar-refractivity contribution in [2.75, 3.05) is 7.11 Å². The average Bonchev–Trinajstić information content (AvgIpc) is 1.57. The third-order valence-corrected chi connectivity index (χ3v) is 18.8. The Morgan fingerprint density at radius 3 is 0.745 bits per heavy atom. The molecule has 0 saturated heterocycles. The van der Waals surface area contributed by atoms with E-state index >= 15 is 0 Å². The highest BCUT2D eigenvalue weighted by molar-refractivity contribution is 7.18. The minimum absolute atomic E-state index is 0.869. The first-order valence-electron chi connectivity index (χ1n) is 34.5. The van der Waals surface area contributed by atoms with E-state index in [4.69, 9.17) is 4.74 Å². The summed E-state index contributed by atoms with van der Waals surface area (Å²) in [6, 6.07) is 67.1. The van der Waals surface area contributed by atoms with Crippen LogP contribution in [0.3, 0.4) is 0 Å². The van der Waals surface area contributed by atoms with Crippen LogP contribution in [0.1, 0.15) is 202 Å². The Morgan fingerprint density at radius 2 is 0.511 bits per heavy atom. The first-order chi connectivity index (χ1) is 46.1. The zero-order chi connectivity index (χ0) is 65.4. The molecule has 0 aliphatic carbocycles. The minimum atomic E-state index is 0.869. The van der Waals surface area contributed by atoms with Crippen molar-refractivity contribution in [3.05, 3.63) is 304 Å². The van der Waals surface area contributed by atoms with Crippen LogP contribution in [0.5, 0.6) is 5.75 Å². The van der Waals surface area contributed by atoms with Crippen LogP contribution < -0.4 is 9.30 Å². The fourth-order valence-electron chi connectivity index (χ4n) is 12.4. The number of thiazole rings is 1. The molecule has 9 aromatic carbocycles. The molecule has 1 heterocycles. The number of fused-ring (bicyclic) bond motifs is 1. The van der Waals surface area contributed by atoms with E-state index in [1.165, 1.54) is 126 Å². The van der Waals surface area contributed by atoms with Crippen molar-refractivity contribution in [2.45, 2.75) is 119 Å². The zero-order valence-electron chi connectivity index (χ0n) is 56.8. The topological polar surface area (TPSA) is 13.1 Å². The van der Waals surface area contributed by atoms with Crippen molar-refractivity contribution in [2.24, 2.45) is 7.05 Å². The van der Waals surface area contributed by atoms with E-state index in [-0.39, 0.29) is 0 Å². The van der Waals surface area contributed by atoms with Gasteiger partial charge in [0.05, 0.1) is 7.11 Å². The molecule has 0 fully saturated rings. The van der Waals surface area contributed by atoms with E-state index < -0.39 is 0 Å². The van der Waals surface area contributed by atoms with Crippen LogP contribution in [0.4, 0.5) is 0 Å². The van der Waals surface area contributed by atoms with Gasteiger partial charge in [-0.15, -0.1) is 0 Å². The van der Waals surface area contributed by atoms with Gasteiger partial charge < -0.3 is 4.74 Å². The summed E-state index contributed by atoms with van der Waals surface area (Å²) in [5.74, 6) is 0.869. The maximum atomic E-state index is 5.31. The SMILES string of the molecule is CCCc1cc(/C=C/c2ccc(/C=C/c3cc(CCC)c(/C=C/c4ccc(/C=C/c5cc(CCC)c(/C=C/c6ccc(/C=C/c7sc8ccccc8[n+]7C)cc6)cc5CCC)cc4)cc3CCC)cc2)c(CCC)cc1/C=C/c1ccc(/C=C/c2ccc(OC)cc2)cc1. The smallest absolute Gasteiger partial charge is 0.262 e. The molecule has 474 valence electrons. The highest BCUT2D eigenvalue weighted by Gasteiger charge is 2.15. The molecule has 0 N–H and O–H groups in total. The lowest BCUT2D eigenvalue weighted by atomic mass is 9.92. The van der Waals surface area contributed by atoms with Gasteiger partial charge >= 0.3 is 0 Å². The summed E-state index contributed by atoms with van der Waals surface area (Å²) in [5.41, 5.74) is 28.3. The third kappa shape index (κ3) is 18.7. The molecule has 0 radical (unpaired) electrons. The summed E-state index contributed by atoms with van der Waals surface area (Å²) in [6.45, 7) is 13.7. The molecule has 0 aliphatic heterocycles. The van der Waals surface area contributed by atoms with Gasteiger partial charge in [0.15, 0.2) is 0 Å². The predicted octanol–water partition coefficient (Wildman–Crippen LogP) is 24.8. The number of ether oxygens (including phenoxy) is 1. The van der Waals surface area contributed by atoms with E-state index in [2.05, 4.69) is 320 Å². The van der Waals surface area contributed by atoms with Gasteiger partial charge in [0.25, 0.3) is 5.01 Å². The third-order valence-electron chi connectivity index (χ3n) is 17.6. The van der Waals surface area contributed by atoms with Crippen LogP contribution >= 0.6 is 11.3 Å². The maximum absolute atomic E-state index is 5.31. The Balaban J connectivity index is 0.776. The molecule has 10 rings (SSSR count). The van der Waals surface area contributed by atoms with Crippen molar-refractivity contribution in [1.82, 2.24) is 0 Å². The van der Waals surface area contributed by atoms with Gasteiger partial charge in [0.2, 0.25) is 5.52 Å². The first kappa shape index (κ1) is 67.5. The lowest BCUT2D eigenvalue weighted by molar-refractivity contribution is -0.642. The number of rotatable bonds is 29. The number of methoxy groups -OCH3 is 1. The molecule has 0 unspecified atom stereocenters. The van der Waals surface area contributed by atoms with Gasteiger partial charge in [-0.1, -0.05) is 334 Å². The average molecular weight is 1250 g/mol. The predicted molar refractivity (Wildman–Crippen MR) is 416 cm³/mol. The Labute approximate surface area is 566 Å². The Morgan fingerprint density at radius 1 is 0.287 bits per heavy atom. The fourth-order valence-corrected chi connectivity index (χ4v) is 13.4. The monoisotopic (exact) mass is 1250 g/mol. The molecule has 94 heavy (non-hydrogen) atoms. The number of hydrogen-bond acceptors (Lipinski definition) is 2. The fraction of sp³-hybridized carbons (Fsp3) is 0.220. The molecule has 0 bridgehead atoms. The van der Waals surface area contributed by atoms with Crippen molar-refractivity contribution in [3.63, 3.8) is 0 Å². The van der Waals surface area contributed by atoms with Gasteiger partial charge in [-0.3, -0.25) is 0 Å². The van der Waals surface area contributed by atoms with Crippen molar-refractivity contribution < 1.29 is 9.30 Å². The number of nitrogens with zero attached hydrogens (tertiary/aromatic N) is 1. The number of para-hydroxylation sites is 1. The molecular weight excluding hydrogens is 1160 g/mol. The summed E-state index contributed by atoms with van der Waals surface area (Å²) in [6.07, 6.45) is 49.2. The second kappa shape index (κ2) is 34.5. The Bertz CT molecular complexity index is 4360. The van der Waals surface area contributed by atoms with Crippen LogP contribution in [-0.2, 0) is 45.6 Å². The van der Waals surface area contributed by atoms with Crippen LogP contribution in [-0.4, -0.2) is 7.11 Å². The van der Waals surface area contributed by atoms with Gasteiger partial charge in [0.1, 0.15) is 17.5 Å². The molecule has 0 spiro atoms. The van der Waals surface area contributed by atoms with Crippen LogP contribution in [0.15, 0.2) is 182 Å². The van der Waals surface area contributed by atoms with E-state index in [9.17, 15) is 0 Å². The zero-order valence-corrected chi connectivity index (χ0v) is 57.6. The minimum Gasteiger partial charge on any atom is -0.497 e. The molecule has 2 nitrogen and oxygen atoms in total. The largest absolute Gasteiger partial charge is 0.497 e. The van der Waals surface area contributed by atoms with E-state index in [1.807, 2.05) is 23.5 Å². The molecule has 10 aromatic rings. The summed E-state index contributed by atoms with van der Waals surface area (Å²) in [4.78, 5) is 0.